The third-order valence-corrected chi connectivity index (χ3v) is 4.17. The zero-order valence-electron chi connectivity index (χ0n) is 10.4. The van der Waals surface area contributed by atoms with Crippen LogP contribution in [0.2, 0.25) is 0 Å². The zero-order chi connectivity index (χ0) is 12.4. The fraction of sp³-hybridized carbons (Fsp3) is 0.667. The van der Waals surface area contributed by atoms with Crippen molar-refractivity contribution in [3.8, 4) is 0 Å². The van der Waals surface area contributed by atoms with Crippen LogP contribution in [0.25, 0.3) is 0 Å². The fourth-order valence-corrected chi connectivity index (χ4v) is 3.08. The Bertz CT molecular complexity index is 418. The molecule has 2 aliphatic rings. The van der Waals surface area contributed by atoms with Gasteiger partial charge in [-0.05, 0) is 0 Å². The van der Waals surface area contributed by atoms with E-state index in [9.17, 15) is 0 Å². The molecule has 0 amide bonds. The van der Waals surface area contributed by atoms with Crippen molar-refractivity contribution in [3.05, 3.63) is 17.1 Å². The Morgan fingerprint density at radius 3 is 3.06 bits per heavy atom. The van der Waals surface area contributed by atoms with Crippen molar-refractivity contribution >= 4 is 17.6 Å². The first-order chi connectivity index (χ1) is 8.88. The molecule has 0 saturated carbocycles. The third kappa shape index (κ3) is 2.32. The van der Waals surface area contributed by atoms with Gasteiger partial charge in [-0.2, -0.15) is 11.8 Å². The summed E-state index contributed by atoms with van der Waals surface area (Å²) in [4.78, 5) is 9.26. The lowest BCUT2D eigenvalue weighted by Crippen LogP contribution is -2.22. The lowest BCUT2D eigenvalue weighted by Gasteiger charge is -2.24. The number of nitrogens with zero attached hydrogens (tertiary/aromatic N) is 2. The van der Waals surface area contributed by atoms with Crippen LogP contribution in [0.1, 0.15) is 23.2 Å². The fourth-order valence-electron chi connectivity index (χ4n) is 2.24. The summed E-state index contributed by atoms with van der Waals surface area (Å²) < 4.78 is 11.2. The van der Waals surface area contributed by atoms with Crippen molar-refractivity contribution in [1.82, 2.24) is 9.97 Å². The summed E-state index contributed by atoms with van der Waals surface area (Å²) in [7, 11) is 1.89. The molecule has 3 rings (SSSR count). The van der Waals surface area contributed by atoms with E-state index in [0.29, 0.717) is 6.61 Å². The molecule has 0 radical (unpaired) electrons. The third-order valence-electron chi connectivity index (χ3n) is 3.18. The number of hydrogen-bond donors (Lipinski definition) is 1. The van der Waals surface area contributed by atoms with E-state index in [4.69, 9.17) is 9.47 Å². The zero-order valence-corrected chi connectivity index (χ0v) is 11.3. The highest BCUT2D eigenvalue weighted by atomic mass is 32.2. The van der Waals surface area contributed by atoms with Crippen molar-refractivity contribution in [1.29, 1.82) is 0 Å². The SMILES string of the molecule is CNc1nc(C2CSCCO2)nc2c1COCC2. The molecule has 1 N–H and O–H groups in total. The molecule has 5 nitrogen and oxygen atoms in total. The van der Waals surface area contributed by atoms with Crippen LogP contribution in [0.4, 0.5) is 5.82 Å². The van der Waals surface area contributed by atoms with Gasteiger partial charge in [0.05, 0.1) is 25.5 Å². The van der Waals surface area contributed by atoms with Gasteiger partial charge >= 0.3 is 0 Å². The average molecular weight is 267 g/mol. The predicted octanol–water partition coefficient (Wildman–Crippen LogP) is 1.40. The number of thioether (sulfide) groups is 1. The number of anilines is 1. The van der Waals surface area contributed by atoms with Gasteiger partial charge in [0, 0.05) is 30.5 Å². The summed E-state index contributed by atoms with van der Waals surface area (Å²) in [5, 5.41) is 3.14. The maximum Gasteiger partial charge on any atom is 0.160 e. The predicted molar refractivity (Wildman–Crippen MR) is 71.0 cm³/mol. The standard InChI is InChI=1S/C12H17N3O2S/c1-13-11-8-6-16-3-2-9(8)14-12(15-11)10-7-18-5-4-17-10/h10H,2-7H2,1H3,(H,13,14,15). The molecule has 2 aliphatic heterocycles. The molecular formula is C12H17N3O2S. The highest BCUT2D eigenvalue weighted by Gasteiger charge is 2.24. The average Bonchev–Trinajstić information content (AvgIpc) is 2.47. The molecule has 1 aromatic rings. The highest BCUT2D eigenvalue weighted by molar-refractivity contribution is 7.99. The molecule has 1 unspecified atom stereocenters. The van der Waals surface area contributed by atoms with Gasteiger partial charge in [0.15, 0.2) is 5.82 Å². The van der Waals surface area contributed by atoms with Crippen LogP contribution in [-0.2, 0) is 22.5 Å². The molecule has 1 saturated heterocycles. The van der Waals surface area contributed by atoms with Gasteiger partial charge in [0.25, 0.3) is 0 Å². The lowest BCUT2D eigenvalue weighted by molar-refractivity contribution is 0.0682. The summed E-state index contributed by atoms with van der Waals surface area (Å²) in [6.45, 7) is 2.13. The lowest BCUT2D eigenvalue weighted by atomic mass is 10.1. The van der Waals surface area contributed by atoms with Gasteiger partial charge < -0.3 is 14.8 Å². The molecule has 6 heteroatoms. The number of aromatic nitrogens is 2. The first-order valence-corrected chi connectivity index (χ1v) is 7.38. The normalized spacial score (nSPS) is 23.5. The van der Waals surface area contributed by atoms with E-state index in [2.05, 4.69) is 15.3 Å². The number of nitrogens with one attached hydrogen (secondary N) is 1. The Labute approximate surface area is 111 Å². The van der Waals surface area contributed by atoms with Crippen molar-refractivity contribution in [2.45, 2.75) is 19.1 Å². The molecule has 1 fully saturated rings. The van der Waals surface area contributed by atoms with E-state index in [1.165, 1.54) is 0 Å². The van der Waals surface area contributed by atoms with Crippen molar-refractivity contribution in [3.63, 3.8) is 0 Å². The molecule has 1 aromatic heterocycles. The van der Waals surface area contributed by atoms with Gasteiger partial charge in [-0.25, -0.2) is 9.97 Å². The summed E-state index contributed by atoms with van der Waals surface area (Å²) in [5.41, 5.74) is 2.20. The van der Waals surface area contributed by atoms with Crippen LogP contribution in [0.3, 0.4) is 0 Å². The van der Waals surface area contributed by atoms with Gasteiger partial charge in [-0.15, -0.1) is 0 Å². The van der Waals surface area contributed by atoms with E-state index in [1.54, 1.807) is 0 Å². The highest BCUT2D eigenvalue weighted by Crippen LogP contribution is 2.28. The molecule has 0 aromatic carbocycles. The second-order valence-corrected chi connectivity index (χ2v) is 5.49. The van der Waals surface area contributed by atoms with E-state index < -0.39 is 0 Å². The topological polar surface area (TPSA) is 56.3 Å². The Morgan fingerprint density at radius 2 is 2.28 bits per heavy atom. The van der Waals surface area contributed by atoms with E-state index in [1.807, 2.05) is 18.8 Å². The first-order valence-electron chi connectivity index (χ1n) is 6.23. The van der Waals surface area contributed by atoms with Crippen molar-refractivity contribution in [2.75, 3.05) is 37.1 Å². The van der Waals surface area contributed by atoms with Crippen LogP contribution in [0.5, 0.6) is 0 Å². The number of hydrogen-bond acceptors (Lipinski definition) is 6. The minimum Gasteiger partial charge on any atom is -0.376 e. The Hall–Kier alpha value is -0.850. The molecule has 0 aliphatic carbocycles. The minimum absolute atomic E-state index is 0.0315. The minimum atomic E-state index is 0.0315. The van der Waals surface area contributed by atoms with Crippen LogP contribution >= 0.6 is 11.8 Å². The molecule has 18 heavy (non-hydrogen) atoms. The van der Waals surface area contributed by atoms with E-state index in [-0.39, 0.29) is 6.10 Å². The number of rotatable bonds is 2. The summed E-state index contributed by atoms with van der Waals surface area (Å²) in [6, 6.07) is 0. The second-order valence-electron chi connectivity index (χ2n) is 4.34. The van der Waals surface area contributed by atoms with Crippen molar-refractivity contribution in [2.24, 2.45) is 0 Å². The van der Waals surface area contributed by atoms with Crippen LogP contribution in [0, 0.1) is 0 Å². The van der Waals surface area contributed by atoms with E-state index in [0.717, 1.165) is 54.0 Å². The van der Waals surface area contributed by atoms with E-state index >= 15 is 0 Å². The van der Waals surface area contributed by atoms with Crippen LogP contribution in [-0.4, -0.2) is 41.7 Å². The van der Waals surface area contributed by atoms with Crippen LogP contribution in [0.15, 0.2) is 0 Å². The van der Waals surface area contributed by atoms with Gasteiger partial charge in [0.2, 0.25) is 0 Å². The summed E-state index contributed by atoms with van der Waals surface area (Å²) >= 11 is 1.90. The maximum absolute atomic E-state index is 5.75. The molecule has 1 atom stereocenters. The van der Waals surface area contributed by atoms with Gasteiger partial charge in [-0.1, -0.05) is 0 Å². The molecule has 0 spiro atoms. The second kappa shape index (κ2) is 5.42. The molecular weight excluding hydrogens is 250 g/mol. The quantitative estimate of drug-likeness (QED) is 0.874. The number of ether oxygens (including phenoxy) is 2. The monoisotopic (exact) mass is 267 g/mol. The Balaban J connectivity index is 1.94. The van der Waals surface area contributed by atoms with Crippen LogP contribution < -0.4 is 5.32 Å². The molecule has 3 heterocycles. The molecule has 98 valence electrons. The molecule has 0 bridgehead atoms. The smallest absolute Gasteiger partial charge is 0.160 e. The Morgan fingerprint density at radius 1 is 1.33 bits per heavy atom. The van der Waals surface area contributed by atoms with Gasteiger partial charge in [-0.3, -0.25) is 0 Å². The Kier molecular flexibility index (Phi) is 3.67. The first kappa shape index (κ1) is 12.2. The van der Waals surface area contributed by atoms with Gasteiger partial charge in [0.1, 0.15) is 11.9 Å². The van der Waals surface area contributed by atoms with Crippen molar-refractivity contribution < 1.29 is 9.47 Å². The largest absolute Gasteiger partial charge is 0.376 e. The summed E-state index contributed by atoms with van der Waals surface area (Å²) in [5.74, 6) is 3.70. The summed E-state index contributed by atoms with van der Waals surface area (Å²) in [6.07, 6.45) is 0.892. The number of fused-ring (bicyclic) bond motifs is 1. The maximum atomic E-state index is 5.75.